The molecule has 0 fully saturated rings. The summed E-state index contributed by atoms with van der Waals surface area (Å²) in [6.45, 7) is 2.05. The number of methoxy groups -OCH3 is 1. The van der Waals surface area contributed by atoms with Gasteiger partial charge < -0.3 is 4.74 Å². The second-order valence-electron chi connectivity index (χ2n) is 4.72. The third kappa shape index (κ3) is 2.38. The molecule has 5 heteroatoms. The molecule has 1 atom stereocenters. The van der Waals surface area contributed by atoms with E-state index in [1.54, 1.807) is 12.1 Å². The molecule has 0 aliphatic rings. The largest absolute Gasteiger partial charge is 0.465 e. The summed E-state index contributed by atoms with van der Waals surface area (Å²) in [5, 5.41) is 0. The van der Waals surface area contributed by atoms with E-state index in [4.69, 9.17) is 4.74 Å². The number of rotatable bonds is 2. The molecule has 4 nitrogen and oxygen atoms in total. The molecule has 0 bridgehead atoms. The van der Waals surface area contributed by atoms with E-state index >= 15 is 0 Å². The lowest BCUT2D eigenvalue weighted by Gasteiger charge is -2.09. The summed E-state index contributed by atoms with van der Waals surface area (Å²) in [7, 11) is 1.36. The lowest BCUT2D eigenvalue weighted by Crippen LogP contribution is -2.04. The molecular formula is C16H13BrN2O2. The van der Waals surface area contributed by atoms with Gasteiger partial charge >= 0.3 is 5.97 Å². The monoisotopic (exact) mass is 344 g/mol. The smallest absolute Gasteiger partial charge is 0.340 e. The second kappa shape index (κ2) is 5.41. The number of ether oxygens (including phenoxy) is 1. The zero-order valence-corrected chi connectivity index (χ0v) is 13.2. The van der Waals surface area contributed by atoms with Crippen molar-refractivity contribution in [1.29, 1.82) is 0 Å². The van der Waals surface area contributed by atoms with Crippen molar-refractivity contribution in [2.75, 3.05) is 7.11 Å². The van der Waals surface area contributed by atoms with E-state index in [-0.39, 0.29) is 4.83 Å². The Morgan fingerprint density at radius 2 is 1.71 bits per heavy atom. The summed E-state index contributed by atoms with van der Waals surface area (Å²) in [4.78, 5) is 21.3. The summed E-state index contributed by atoms with van der Waals surface area (Å²) < 4.78 is 4.80. The number of hydrogen-bond acceptors (Lipinski definition) is 4. The van der Waals surface area contributed by atoms with Gasteiger partial charge in [0, 0.05) is 4.83 Å². The molecule has 3 aromatic rings. The Hall–Kier alpha value is -2.01. The van der Waals surface area contributed by atoms with Crippen LogP contribution in [0.4, 0.5) is 0 Å². The fraction of sp³-hybridized carbons (Fsp3) is 0.188. The fourth-order valence-electron chi connectivity index (χ4n) is 2.34. The Morgan fingerprint density at radius 1 is 1.10 bits per heavy atom. The maximum absolute atomic E-state index is 11.8. The number of nitrogens with zero attached hydrogens (tertiary/aromatic N) is 2. The summed E-state index contributed by atoms with van der Waals surface area (Å²) in [6.07, 6.45) is 0. The van der Waals surface area contributed by atoms with Crippen LogP contribution < -0.4 is 0 Å². The molecule has 1 aromatic heterocycles. The van der Waals surface area contributed by atoms with E-state index in [1.165, 1.54) is 7.11 Å². The number of fused-ring (bicyclic) bond motifs is 2. The van der Waals surface area contributed by atoms with Gasteiger partial charge in [-0.3, -0.25) is 0 Å². The van der Waals surface area contributed by atoms with Crippen molar-refractivity contribution in [3.05, 3.63) is 47.5 Å². The number of aromatic nitrogens is 2. The van der Waals surface area contributed by atoms with Crippen molar-refractivity contribution in [2.45, 2.75) is 11.8 Å². The fourth-order valence-corrected chi connectivity index (χ4v) is 2.71. The third-order valence-electron chi connectivity index (χ3n) is 3.36. The van der Waals surface area contributed by atoms with Crippen LogP contribution in [0.5, 0.6) is 0 Å². The van der Waals surface area contributed by atoms with Gasteiger partial charge in [0.1, 0.15) is 5.52 Å². The summed E-state index contributed by atoms with van der Waals surface area (Å²) in [5.41, 5.74) is 4.37. The van der Waals surface area contributed by atoms with Crippen LogP contribution in [-0.4, -0.2) is 23.0 Å². The predicted molar refractivity (Wildman–Crippen MR) is 85.7 cm³/mol. The Labute approximate surface area is 130 Å². The van der Waals surface area contributed by atoms with E-state index < -0.39 is 5.97 Å². The van der Waals surface area contributed by atoms with E-state index in [1.807, 2.05) is 31.2 Å². The average Bonchev–Trinajstić information content (AvgIpc) is 2.50. The third-order valence-corrected chi connectivity index (χ3v) is 3.85. The summed E-state index contributed by atoms with van der Waals surface area (Å²) >= 11 is 3.57. The van der Waals surface area contributed by atoms with Crippen LogP contribution in [0.2, 0.25) is 0 Å². The topological polar surface area (TPSA) is 52.1 Å². The van der Waals surface area contributed by atoms with Gasteiger partial charge in [-0.05, 0) is 30.7 Å². The molecule has 0 saturated heterocycles. The van der Waals surface area contributed by atoms with Crippen molar-refractivity contribution in [3.63, 3.8) is 0 Å². The van der Waals surface area contributed by atoms with Crippen molar-refractivity contribution in [1.82, 2.24) is 9.97 Å². The Morgan fingerprint density at radius 3 is 2.38 bits per heavy atom. The highest BCUT2D eigenvalue weighted by molar-refractivity contribution is 9.09. The molecule has 0 aliphatic carbocycles. The first kappa shape index (κ1) is 13.9. The number of esters is 1. The van der Waals surface area contributed by atoms with E-state index in [9.17, 15) is 4.79 Å². The standard InChI is InChI=1S/C16H13BrN2O2/c1-9(17)10-5-3-7-12-14(10)18-13-8-4-6-11(15(13)19-12)16(20)21-2/h3-9H,1-2H3. The molecule has 21 heavy (non-hydrogen) atoms. The highest BCUT2D eigenvalue weighted by atomic mass is 79.9. The molecular weight excluding hydrogens is 332 g/mol. The normalized spacial score (nSPS) is 12.5. The van der Waals surface area contributed by atoms with Gasteiger partial charge in [-0.15, -0.1) is 0 Å². The zero-order chi connectivity index (χ0) is 15.0. The van der Waals surface area contributed by atoms with E-state index in [0.717, 1.165) is 16.6 Å². The molecule has 1 heterocycles. The van der Waals surface area contributed by atoms with Crippen molar-refractivity contribution in [2.24, 2.45) is 0 Å². The highest BCUT2D eigenvalue weighted by Gasteiger charge is 2.15. The van der Waals surface area contributed by atoms with Crippen LogP contribution in [0.15, 0.2) is 36.4 Å². The van der Waals surface area contributed by atoms with E-state index in [2.05, 4.69) is 25.9 Å². The van der Waals surface area contributed by atoms with Gasteiger partial charge in [-0.1, -0.05) is 34.1 Å². The summed E-state index contributed by atoms with van der Waals surface area (Å²) in [6, 6.07) is 11.2. The number of carbonyl (C=O) groups excluding carboxylic acids is 1. The maximum atomic E-state index is 11.8. The molecule has 0 radical (unpaired) electrons. The minimum Gasteiger partial charge on any atom is -0.465 e. The van der Waals surface area contributed by atoms with Crippen LogP contribution in [0, 0.1) is 0 Å². The molecule has 106 valence electrons. The zero-order valence-electron chi connectivity index (χ0n) is 11.6. The maximum Gasteiger partial charge on any atom is 0.340 e. The average molecular weight is 345 g/mol. The lowest BCUT2D eigenvalue weighted by atomic mass is 10.1. The molecule has 1 unspecified atom stereocenters. The van der Waals surface area contributed by atoms with E-state index in [0.29, 0.717) is 16.6 Å². The molecule has 0 aliphatic heterocycles. The molecule has 0 spiro atoms. The van der Waals surface area contributed by atoms with Gasteiger partial charge in [0.15, 0.2) is 0 Å². The number of hydrogen-bond donors (Lipinski definition) is 0. The van der Waals surface area contributed by atoms with Crippen LogP contribution in [0.3, 0.4) is 0 Å². The van der Waals surface area contributed by atoms with Crippen LogP contribution >= 0.6 is 15.9 Å². The number of halogens is 1. The molecule has 0 saturated carbocycles. The van der Waals surface area contributed by atoms with Crippen molar-refractivity contribution >= 4 is 44.0 Å². The van der Waals surface area contributed by atoms with Gasteiger partial charge in [-0.2, -0.15) is 0 Å². The Balaban J connectivity index is 2.38. The first-order chi connectivity index (χ1) is 10.1. The molecule has 0 amide bonds. The number of para-hydroxylation sites is 2. The highest BCUT2D eigenvalue weighted by Crippen LogP contribution is 2.29. The first-order valence-corrected chi connectivity index (χ1v) is 7.45. The molecule has 2 aromatic carbocycles. The Kier molecular flexibility index (Phi) is 3.59. The molecule has 3 rings (SSSR count). The van der Waals surface area contributed by atoms with Crippen LogP contribution in [0.1, 0.15) is 27.7 Å². The minimum absolute atomic E-state index is 0.178. The van der Waals surface area contributed by atoms with Gasteiger partial charge in [-0.25, -0.2) is 14.8 Å². The van der Waals surface area contributed by atoms with Gasteiger partial charge in [0.25, 0.3) is 0 Å². The minimum atomic E-state index is -0.403. The summed E-state index contributed by atoms with van der Waals surface area (Å²) in [5.74, 6) is -0.403. The van der Waals surface area contributed by atoms with Crippen molar-refractivity contribution in [3.8, 4) is 0 Å². The molecule has 0 N–H and O–H groups in total. The SMILES string of the molecule is COC(=O)c1cccc2nc3c(C(C)Br)cccc3nc12. The second-order valence-corrected chi connectivity index (χ2v) is 6.09. The number of benzene rings is 2. The Bertz CT molecular complexity index is 846. The lowest BCUT2D eigenvalue weighted by molar-refractivity contribution is 0.0603. The van der Waals surface area contributed by atoms with Gasteiger partial charge in [0.2, 0.25) is 0 Å². The van der Waals surface area contributed by atoms with Crippen LogP contribution in [0.25, 0.3) is 22.1 Å². The van der Waals surface area contributed by atoms with Crippen LogP contribution in [-0.2, 0) is 4.74 Å². The predicted octanol–water partition coefficient (Wildman–Crippen LogP) is 4.03. The van der Waals surface area contributed by atoms with Crippen molar-refractivity contribution < 1.29 is 9.53 Å². The van der Waals surface area contributed by atoms with Gasteiger partial charge in [0.05, 0.1) is 29.2 Å². The number of carbonyl (C=O) groups is 1. The quantitative estimate of drug-likeness (QED) is 0.400. The number of alkyl halides is 1. The first-order valence-electron chi connectivity index (χ1n) is 6.53.